The van der Waals surface area contributed by atoms with E-state index in [4.69, 9.17) is 11.6 Å². The fraction of sp³-hybridized carbons (Fsp3) is 0.600. The summed E-state index contributed by atoms with van der Waals surface area (Å²) in [6.45, 7) is 7.51. The first-order valence-electron chi connectivity index (χ1n) is 6.96. The van der Waals surface area contributed by atoms with Gasteiger partial charge in [-0.1, -0.05) is 25.4 Å². The third-order valence-corrected chi connectivity index (χ3v) is 4.26. The summed E-state index contributed by atoms with van der Waals surface area (Å²) in [6, 6.07) is 4.35. The maximum absolute atomic E-state index is 13.6. The molecule has 3 nitrogen and oxygen atoms in total. The highest BCUT2D eigenvalue weighted by Gasteiger charge is 2.36. The second kappa shape index (κ2) is 7.75. The first-order valence-corrected chi connectivity index (χ1v) is 7.34. The van der Waals surface area contributed by atoms with Gasteiger partial charge >= 0.3 is 0 Å². The number of nitrogens with zero attached hydrogens (tertiary/aromatic N) is 1. The predicted molar refractivity (Wildman–Crippen MR) is 86.7 cm³/mol. The van der Waals surface area contributed by atoms with Crippen LogP contribution in [0, 0.1) is 11.2 Å². The molecule has 2 rings (SSSR count). The quantitative estimate of drug-likeness (QED) is 0.887. The van der Waals surface area contributed by atoms with E-state index >= 15 is 0 Å². The average Bonchev–Trinajstić information content (AvgIpc) is 2.44. The van der Waals surface area contributed by atoms with Crippen molar-refractivity contribution < 1.29 is 9.50 Å². The Bertz CT molecular complexity index is 465. The molecule has 0 saturated carbocycles. The smallest absolute Gasteiger partial charge is 0.123 e. The molecule has 0 aliphatic carbocycles. The van der Waals surface area contributed by atoms with Gasteiger partial charge in [0.25, 0.3) is 0 Å². The molecule has 0 aromatic heterocycles. The van der Waals surface area contributed by atoms with Gasteiger partial charge in [0.05, 0.1) is 0 Å². The van der Waals surface area contributed by atoms with Crippen molar-refractivity contribution in [1.29, 1.82) is 0 Å². The van der Waals surface area contributed by atoms with Gasteiger partial charge in [-0.05, 0) is 23.8 Å². The molecule has 120 valence electrons. The monoisotopic (exact) mass is 336 g/mol. The van der Waals surface area contributed by atoms with Gasteiger partial charge in [-0.2, -0.15) is 0 Å². The molecule has 1 atom stereocenters. The van der Waals surface area contributed by atoms with Crippen molar-refractivity contribution in [1.82, 2.24) is 10.2 Å². The topological polar surface area (TPSA) is 35.5 Å². The zero-order valence-electron chi connectivity index (χ0n) is 12.4. The van der Waals surface area contributed by atoms with E-state index in [1.165, 1.54) is 12.1 Å². The number of aliphatic hydroxyl groups is 1. The largest absolute Gasteiger partial charge is 0.396 e. The number of nitrogens with one attached hydrogen (secondary N) is 1. The SMILES string of the molecule is CC(C)(CO)[C@H](c1cc(F)ccc1Cl)N1CCNCC1.Cl. The fourth-order valence-corrected chi connectivity index (χ4v) is 3.08. The minimum absolute atomic E-state index is 0. The zero-order chi connectivity index (χ0) is 14.8. The molecular weight excluding hydrogens is 314 g/mol. The van der Waals surface area contributed by atoms with Crippen LogP contribution in [0.1, 0.15) is 25.5 Å². The van der Waals surface area contributed by atoms with Crippen molar-refractivity contribution in [2.75, 3.05) is 32.8 Å². The van der Waals surface area contributed by atoms with Crippen LogP contribution in [0.25, 0.3) is 0 Å². The molecule has 1 aromatic rings. The second-order valence-electron chi connectivity index (χ2n) is 6.00. The molecule has 0 radical (unpaired) electrons. The van der Waals surface area contributed by atoms with Crippen LogP contribution >= 0.6 is 24.0 Å². The predicted octanol–water partition coefficient (Wildman–Crippen LogP) is 2.87. The third kappa shape index (κ3) is 4.30. The zero-order valence-corrected chi connectivity index (χ0v) is 14.0. The Morgan fingerprint density at radius 2 is 2.00 bits per heavy atom. The molecule has 1 fully saturated rings. The molecule has 0 amide bonds. The van der Waals surface area contributed by atoms with Crippen LogP contribution in [0.5, 0.6) is 0 Å². The summed E-state index contributed by atoms with van der Waals surface area (Å²) in [4.78, 5) is 2.27. The lowest BCUT2D eigenvalue weighted by molar-refractivity contribution is 0.0304. The molecule has 0 spiro atoms. The second-order valence-corrected chi connectivity index (χ2v) is 6.41. The molecule has 0 unspecified atom stereocenters. The normalized spacial score (nSPS) is 18.1. The first-order chi connectivity index (χ1) is 9.45. The van der Waals surface area contributed by atoms with Gasteiger partial charge in [0, 0.05) is 49.3 Å². The molecule has 1 aromatic carbocycles. The summed E-state index contributed by atoms with van der Waals surface area (Å²) >= 11 is 6.28. The van der Waals surface area contributed by atoms with Crippen molar-refractivity contribution >= 4 is 24.0 Å². The van der Waals surface area contributed by atoms with Gasteiger partial charge < -0.3 is 10.4 Å². The highest BCUT2D eigenvalue weighted by Crippen LogP contribution is 2.41. The minimum atomic E-state index is -0.394. The number of hydrogen-bond acceptors (Lipinski definition) is 3. The number of benzene rings is 1. The molecule has 6 heteroatoms. The Balaban J connectivity index is 0.00000220. The summed E-state index contributed by atoms with van der Waals surface area (Å²) < 4.78 is 13.6. The van der Waals surface area contributed by atoms with E-state index in [1.807, 2.05) is 13.8 Å². The Hall–Kier alpha value is -0.390. The van der Waals surface area contributed by atoms with Gasteiger partial charge in [-0.25, -0.2) is 4.39 Å². The summed E-state index contributed by atoms with van der Waals surface area (Å²) in [5, 5.41) is 13.6. The van der Waals surface area contributed by atoms with Crippen LogP contribution in [0.15, 0.2) is 18.2 Å². The number of halogens is 3. The van der Waals surface area contributed by atoms with Crippen LogP contribution in [-0.2, 0) is 0 Å². The first kappa shape index (κ1) is 18.7. The van der Waals surface area contributed by atoms with Crippen molar-refractivity contribution in [3.05, 3.63) is 34.6 Å². The van der Waals surface area contributed by atoms with E-state index in [0.717, 1.165) is 31.7 Å². The molecule has 0 bridgehead atoms. The van der Waals surface area contributed by atoms with E-state index in [2.05, 4.69) is 10.2 Å². The van der Waals surface area contributed by atoms with Gasteiger partial charge in [-0.3, -0.25) is 4.90 Å². The van der Waals surface area contributed by atoms with E-state index in [0.29, 0.717) is 5.02 Å². The average molecular weight is 337 g/mol. The standard InChI is InChI=1S/C15H22ClFN2O.ClH/c1-15(2,10-20)14(19-7-5-18-6-8-19)12-9-11(17)3-4-13(12)16;/h3-4,9,14,18,20H,5-8,10H2,1-2H3;1H/t14-;/m0./s1. The number of hydrogen-bond donors (Lipinski definition) is 2. The van der Waals surface area contributed by atoms with E-state index < -0.39 is 5.41 Å². The number of rotatable bonds is 4. The lowest BCUT2D eigenvalue weighted by Crippen LogP contribution is -2.49. The summed E-state index contributed by atoms with van der Waals surface area (Å²) in [6.07, 6.45) is 0. The molecule has 1 aliphatic rings. The number of piperazine rings is 1. The van der Waals surface area contributed by atoms with Crippen LogP contribution in [0.3, 0.4) is 0 Å². The third-order valence-electron chi connectivity index (χ3n) is 3.92. The maximum Gasteiger partial charge on any atom is 0.123 e. The van der Waals surface area contributed by atoms with E-state index in [9.17, 15) is 9.50 Å². The molecule has 21 heavy (non-hydrogen) atoms. The molecule has 1 saturated heterocycles. The summed E-state index contributed by atoms with van der Waals surface area (Å²) in [7, 11) is 0. The molecular formula is C15H23Cl2FN2O. The van der Waals surface area contributed by atoms with E-state index in [-0.39, 0.29) is 30.9 Å². The molecule has 2 N–H and O–H groups in total. The Labute approximate surface area is 136 Å². The minimum Gasteiger partial charge on any atom is -0.396 e. The Morgan fingerprint density at radius 3 is 2.57 bits per heavy atom. The molecule has 1 heterocycles. The highest BCUT2D eigenvalue weighted by atomic mass is 35.5. The lowest BCUT2D eigenvalue weighted by atomic mass is 9.79. The highest BCUT2D eigenvalue weighted by molar-refractivity contribution is 6.31. The summed E-state index contributed by atoms with van der Waals surface area (Å²) in [5.74, 6) is -0.293. The van der Waals surface area contributed by atoms with Crippen molar-refractivity contribution in [3.63, 3.8) is 0 Å². The Morgan fingerprint density at radius 1 is 1.38 bits per heavy atom. The van der Waals surface area contributed by atoms with Crippen molar-refractivity contribution in [2.45, 2.75) is 19.9 Å². The summed E-state index contributed by atoms with van der Waals surface area (Å²) in [5.41, 5.74) is 0.363. The maximum atomic E-state index is 13.6. The van der Waals surface area contributed by atoms with E-state index in [1.54, 1.807) is 6.07 Å². The fourth-order valence-electron chi connectivity index (χ4n) is 2.86. The van der Waals surface area contributed by atoms with Gasteiger partial charge in [-0.15, -0.1) is 12.4 Å². The molecule has 1 aliphatic heterocycles. The van der Waals surface area contributed by atoms with Crippen LogP contribution in [0.2, 0.25) is 5.02 Å². The van der Waals surface area contributed by atoms with Crippen LogP contribution in [-0.4, -0.2) is 42.8 Å². The van der Waals surface area contributed by atoms with Gasteiger partial charge in [0.2, 0.25) is 0 Å². The van der Waals surface area contributed by atoms with Gasteiger partial charge in [0.15, 0.2) is 0 Å². The van der Waals surface area contributed by atoms with Gasteiger partial charge in [0.1, 0.15) is 5.82 Å². The Kier molecular flexibility index (Phi) is 6.88. The lowest BCUT2D eigenvalue weighted by Gasteiger charge is -2.43. The van der Waals surface area contributed by atoms with Crippen molar-refractivity contribution in [3.8, 4) is 0 Å². The van der Waals surface area contributed by atoms with Crippen LogP contribution in [0.4, 0.5) is 4.39 Å². The van der Waals surface area contributed by atoms with Crippen LogP contribution < -0.4 is 5.32 Å². The number of aliphatic hydroxyl groups excluding tert-OH is 1. The van der Waals surface area contributed by atoms with Crippen molar-refractivity contribution in [2.24, 2.45) is 5.41 Å².